The second-order valence-corrected chi connectivity index (χ2v) is 8.29. The van der Waals surface area contributed by atoms with Crippen LogP contribution in [0.15, 0.2) is 59.2 Å². The summed E-state index contributed by atoms with van der Waals surface area (Å²) in [6.07, 6.45) is 4.24. The van der Waals surface area contributed by atoms with Gasteiger partial charge < -0.3 is 9.88 Å². The predicted molar refractivity (Wildman–Crippen MR) is 115 cm³/mol. The number of hydrogen-bond donors (Lipinski definition) is 1. The van der Waals surface area contributed by atoms with E-state index in [9.17, 15) is 9.59 Å². The first-order chi connectivity index (χ1) is 13.6. The molecule has 2 aromatic carbocycles. The third-order valence-corrected chi connectivity index (χ3v) is 6.17. The number of nitrogens with one attached hydrogen (secondary N) is 1. The van der Waals surface area contributed by atoms with E-state index in [2.05, 4.69) is 45.2 Å². The summed E-state index contributed by atoms with van der Waals surface area (Å²) >= 11 is 3.47. The van der Waals surface area contributed by atoms with Gasteiger partial charge in [-0.2, -0.15) is 0 Å². The predicted octanol–water partition coefficient (Wildman–Crippen LogP) is 5.30. The Morgan fingerprint density at radius 1 is 1.00 bits per heavy atom. The van der Waals surface area contributed by atoms with Crippen molar-refractivity contribution in [3.8, 4) is 0 Å². The number of carbonyl (C=O) groups excluding carboxylic acids is 2. The first-order valence-corrected chi connectivity index (χ1v) is 10.5. The minimum Gasteiger partial charge on any atom is -0.360 e. The Hall–Kier alpha value is -2.40. The molecule has 1 aliphatic heterocycles. The fraction of sp³-hybridized carbons (Fsp3) is 0.304. The van der Waals surface area contributed by atoms with Crippen LogP contribution in [0.2, 0.25) is 0 Å². The first-order valence-electron chi connectivity index (χ1n) is 9.74. The van der Waals surface area contributed by atoms with Crippen LogP contribution < -0.4 is 0 Å². The van der Waals surface area contributed by atoms with Gasteiger partial charge in [0, 0.05) is 53.1 Å². The summed E-state index contributed by atoms with van der Waals surface area (Å²) in [6.45, 7) is 1.53. The van der Waals surface area contributed by atoms with E-state index >= 15 is 0 Å². The largest absolute Gasteiger partial charge is 0.360 e. The molecule has 0 radical (unpaired) electrons. The molecule has 1 aliphatic rings. The van der Waals surface area contributed by atoms with Gasteiger partial charge in [0.1, 0.15) is 0 Å². The maximum Gasteiger partial charge on any atom is 0.223 e. The molecular weight excluding hydrogens is 416 g/mol. The Kier molecular flexibility index (Phi) is 5.62. The number of nitrogens with zero attached hydrogens (tertiary/aromatic N) is 1. The number of amides is 1. The van der Waals surface area contributed by atoms with Crippen LogP contribution >= 0.6 is 15.9 Å². The van der Waals surface area contributed by atoms with E-state index in [1.54, 1.807) is 6.20 Å². The maximum absolute atomic E-state index is 12.6. The number of piperidine rings is 1. The van der Waals surface area contributed by atoms with E-state index in [4.69, 9.17) is 0 Å². The van der Waals surface area contributed by atoms with Crippen molar-refractivity contribution in [1.29, 1.82) is 0 Å². The second kappa shape index (κ2) is 8.31. The number of fused-ring (bicyclic) bond motifs is 1. The summed E-state index contributed by atoms with van der Waals surface area (Å²) in [7, 11) is 0. The van der Waals surface area contributed by atoms with Crippen LogP contribution in [-0.4, -0.2) is 34.7 Å². The highest BCUT2D eigenvalue weighted by Crippen LogP contribution is 2.29. The molecule has 1 N–H and O–H groups in total. The van der Waals surface area contributed by atoms with Gasteiger partial charge in [0.25, 0.3) is 0 Å². The Labute approximate surface area is 173 Å². The average molecular weight is 439 g/mol. The summed E-state index contributed by atoms with van der Waals surface area (Å²) in [5.41, 5.74) is 2.97. The Balaban J connectivity index is 1.30. The smallest absolute Gasteiger partial charge is 0.223 e. The second-order valence-electron chi connectivity index (χ2n) is 7.38. The lowest BCUT2D eigenvalue weighted by Crippen LogP contribution is -2.38. The molecule has 144 valence electrons. The third kappa shape index (κ3) is 4.04. The quantitative estimate of drug-likeness (QED) is 0.549. The van der Waals surface area contributed by atoms with Gasteiger partial charge in [-0.15, -0.1) is 0 Å². The maximum atomic E-state index is 12.6. The van der Waals surface area contributed by atoms with Crippen molar-refractivity contribution in [2.75, 3.05) is 13.1 Å². The lowest BCUT2D eigenvalue weighted by Gasteiger charge is -2.32. The van der Waals surface area contributed by atoms with E-state index in [-0.39, 0.29) is 24.5 Å². The highest BCUT2D eigenvalue weighted by Gasteiger charge is 2.24. The van der Waals surface area contributed by atoms with Crippen LogP contribution in [-0.2, 0) is 4.79 Å². The van der Waals surface area contributed by atoms with Crippen molar-refractivity contribution in [3.05, 3.63) is 70.3 Å². The molecule has 28 heavy (non-hydrogen) atoms. The molecule has 1 amide bonds. The number of hydrogen-bond acceptors (Lipinski definition) is 2. The van der Waals surface area contributed by atoms with Gasteiger partial charge in [-0.3, -0.25) is 9.59 Å². The van der Waals surface area contributed by atoms with Gasteiger partial charge in [0.15, 0.2) is 5.78 Å². The molecule has 3 aromatic rings. The number of halogens is 1. The number of para-hydroxylation sites is 1. The topological polar surface area (TPSA) is 53.2 Å². The fourth-order valence-corrected chi connectivity index (χ4v) is 4.28. The number of rotatable bonds is 5. The zero-order valence-electron chi connectivity index (χ0n) is 15.7. The highest BCUT2D eigenvalue weighted by molar-refractivity contribution is 9.10. The van der Waals surface area contributed by atoms with E-state index in [1.807, 2.05) is 29.2 Å². The van der Waals surface area contributed by atoms with Gasteiger partial charge in [-0.1, -0.05) is 46.3 Å². The molecule has 0 unspecified atom stereocenters. The molecule has 0 aliphatic carbocycles. The van der Waals surface area contributed by atoms with Gasteiger partial charge in [-0.25, -0.2) is 0 Å². The standard InChI is InChI=1S/C23H23BrN2O2/c24-18-7-5-16(6-8-18)17-11-13-26(14-12-17)23(28)10-9-22(27)20-15-25-21-4-2-1-3-19(20)21/h1-8,15,17,25H,9-14H2. The number of H-pyrrole nitrogens is 1. The van der Waals surface area contributed by atoms with E-state index in [1.165, 1.54) is 5.56 Å². The zero-order valence-corrected chi connectivity index (χ0v) is 17.2. The molecule has 1 aromatic heterocycles. The molecule has 0 spiro atoms. The average Bonchev–Trinajstić information content (AvgIpc) is 3.17. The van der Waals surface area contributed by atoms with Crippen LogP contribution in [0.1, 0.15) is 47.5 Å². The lowest BCUT2D eigenvalue weighted by atomic mass is 9.89. The first kappa shape index (κ1) is 18.9. The number of benzene rings is 2. The summed E-state index contributed by atoms with van der Waals surface area (Å²) < 4.78 is 1.09. The molecule has 0 bridgehead atoms. The lowest BCUT2D eigenvalue weighted by molar-refractivity contribution is -0.132. The number of Topliss-reactive ketones (excluding diaryl/α,β-unsaturated/α-hetero) is 1. The van der Waals surface area contributed by atoms with Crippen molar-refractivity contribution >= 4 is 38.5 Å². The van der Waals surface area contributed by atoms with Crippen molar-refractivity contribution < 1.29 is 9.59 Å². The van der Waals surface area contributed by atoms with Gasteiger partial charge in [0.2, 0.25) is 5.91 Å². The number of likely N-dealkylation sites (tertiary alicyclic amines) is 1. The minimum atomic E-state index is 0.0237. The molecule has 2 heterocycles. The molecule has 0 saturated carbocycles. The minimum absolute atomic E-state index is 0.0237. The monoisotopic (exact) mass is 438 g/mol. The van der Waals surface area contributed by atoms with E-state index in [0.29, 0.717) is 11.5 Å². The molecule has 1 fully saturated rings. The van der Waals surface area contributed by atoms with Gasteiger partial charge in [0.05, 0.1) is 0 Å². The van der Waals surface area contributed by atoms with Crippen LogP contribution in [0.25, 0.3) is 10.9 Å². The fourth-order valence-electron chi connectivity index (χ4n) is 4.01. The summed E-state index contributed by atoms with van der Waals surface area (Å²) in [5.74, 6) is 0.614. The van der Waals surface area contributed by atoms with E-state index in [0.717, 1.165) is 41.3 Å². The van der Waals surface area contributed by atoms with Crippen LogP contribution in [0, 0.1) is 0 Å². The number of carbonyl (C=O) groups is 2. The SMILES string of the molecule is O=C(CCC(=O)N1CCC(c2ccc(Br)cc2)CC1)c1c[nH]c2ccccc12. The molecule has 1 saturated heterocycles. The number of aromatic nitrogens is 1. The van der Waals surface area contributed by atoms with Gasteiger partial charge >= 0.3 is 0 Å². The summed E-state index contributed by atoms with van der Waals surface area (Å²) in [4.78, 5) is 30.2. The molecule has 0 atom stereocenters. The van der Waals surface area contributed by atoms with E-state index < -0.39 is 0 Å². The Morgan fingerprint density at radius 3 is 2.46 bits per heavy atom. The zero-order chi connectivity index (χ0) is 19.5. The normalized spacial score (nSPS) is 15.1. The van der Waals surface area contributed by atoms with Crippen molar-refractivity contribution in [3.63, 3.8) is 0 Å². The summed E-state index contributed by atoms with van der Waals surface area (Å²) in [5, 5.41) is 0.926. The van der Waals surface area contributed by atoms with Gasteiger partial charge in [-0.05, 0) is 42.5 Å². The number of ketones is 1. The Morgan fingerprint density at radius 2 is 1.71 bits per heavy atom. The van der Waals surface area contributed by atoms with Crippen LogP contribution in [0.4, 0.5) is 0 Å². The highest BCUT2D eigenvalue weighted by atomic mass is 79.9. The third-order valence-electron chi connectivity index (χ3n) is 5.64. The van der Waals surface area contributed by atoms with Crippen molar-refractivity contribution in [1.82, 2.24) is 9.88 Å². The Bertz CT molecular complexity index is 985. The molecule has 4 rings (SSSR count). The molecule has 5 heteroatoms. The number of aromatic amines is 1. The van der Waals surface area contributed by atoms with Crippen molar-refractivity contribution in [2.45, 2.75) is 31.6 Å². The molecular formula is C23H23BrN2O2. The summed E-state index contributed by atoms with van der Waals surface area (Å²) in [6, 6.07) is 16.2. The van der Waals surface area contributed by atoms with Crippen molar-refractivity contribution in [2.24, 2.45) is 0 Å². The molecule has 4 nitrogen and oxygen atoms in total. The van der Waals surface area contributed by atoms with Crippen LogP contribution in [0.5, 0.6) is 0 Å². The van der Waals surface area contributed by atoms with Crippen LogP contribution in [0.3, 0.4) is 0 Å².